The van der Waals surface area contributed by atoms with E-state index in [9.17, 15) is 23.2 Å². The molecule has 1 unspecified atom stereocenters. The van der Waals surface area contributed by atoms with Crippen LogP contribution < -0.4 is 10.6 Å². The highest BCUT2D eigenvalue weighted by Crippen LogP contribution is 2.31. The van der Waals surface area contributed by atoms with Gasteiger partial charge in [-0.1, -0.05) is 17.7 Å². The fraction of sp³-hybridized carbons (Fsp3) is 0.211. The summed E-state index contributed by atoms with van der Waals surface area (Å²) in [7, 11) is 0. The molecule has 4 amide bonds. The summed E-state index contributed by atoms with van der Waals surface area (Å²) in [6.07, 6.45) is 0. The molecule has 0 spiro atoms. The van der Waals surface area contributed by atoms with Crippen molar-refractivity contribution in [1.82, 2.24) is 10.2 Å². The smallest absolute Gasteiger partial charge is 0.325 e. The maximum atomic E-state index is 14.1. The number of urea groups is 1. The Morgan fingerprint density at radius 3 is 2.48 bits per heavy atom. The van der Waals surface area contributed by atoms with Crippen LogP contribution in [0.2, 0.25) is 0 Å². The maximum absolute atomic E-state index is 14.1. The normalized spacial score (nSPS) is 19.2. The van der Waals surface area contributed by atoms with E-state index in [0.717, 1.165) is 23.8 Å². The molecule has 2 aromatic rings. The minimum absolute atomic E-state index is 0.303. The third-order valence-electron chi connectivity index (χ3n) is 4.38. The molecule has 2 aromatic carbocycles. The maximum Gasteiger partial charge on any atom is 0.325 e. The highest BCUT2D eigenvalue weighted by molar-refractivity contribution is 6.10. The predicted molar refractivity (Wildman–Crippen MR) is 93.8 cm³/mol. The number of carbonyl (C=O) groups excluding carboxylic acids is 3. The average molecular weight is 373 g/mol. The van der Waals surface area contributed by atoms with Crippen LogP contribution in [0.5, 0.6) is 0 Å². The summed E-state index contributed by atoms with van der Waals surface area (Å²) in [6, 6.07) is 8.75. The van der Waals surface area contributed by atoms with Gasteiger partial charge in [0.1, 0.15) is 23.7 Å². The van der Waals surface area contributed by atoms with Crippen molar-refractivity contribution in [3.05, 3.63) is 65.2 Å². The zero-order valence-electron chi connectivity index (χ0n) is 14.7. The molecule has 1 fully saturated rings. The van der Waals surface area contributed by atoms with Crippen LogP contribution in [-0.2, 0) is 15.1 Å². The Balaban J connectivity index is 1.78. The number of aryl methyl sites for hydroxylation is 1. The number of anilines is 1. The molecule has 1 saturated heterocycles. The van der Waals surface area contributed by atoms with E-state index < -0.39 is 41.6 Å². The van der Waals surface area contributed by atoms with Crippen molar-refractivity contribution >= 4 is 23.5 Å². The molecule has 0 bridgehead atoms. The lowest BCUT2D eigenvalue weighted by molar-refractivity contribution is -0.133. The van der Waals surface area contributed by atoms with Crippen molar-refractivity contribution in [2.75, 3.05) is 11.9 Å². The molecule has 1 aliphatic heterocycles. The van der Waals surface area contributed by atoms with Crippen molar-refractivity contribution in [2.24, 2.45) is 0 Å². The number of imide groups is 1. The van der Waals surface area contributed by atoms with Crippen LogP contribution in [0, 0.1) is 18.6 Å². The number of benzene rings is 2. The predicted octanol–water partition coefficient (Wildman–Crippen LogP) is 2.68. The number of nitrogens with one attached hydrogen (secondary N) is 2. The lowest BCUT2D eigenvalue weighted by atomic mass is 9.91. The SMILES string of the molecule is Cc1ccc(NC(=O)CN2C(=O)NC(C)(c3cc(F)ccc3F)C2=O)cc1. The van der Waals surface area contributed by atoms with Gasteiger partial charge in [0.2, 0.25) is 5.91 Å². The molecule has 8 heteroatoms. The first-order chi connectivity index (χ1) is 12.7. The molecule has 1 atom stereocenters. The third-order valence-corrected chi connectivity index (χ3v) is 4.38. The number of carbonyl (C=O) groups is 3. The van der Waals surface area contributed by atoms with Crippen LogP contribution >= 0.6 is 0 Å². The van der Waals surface area contributed by atoms with E-state index in [1.54, 1.807) is 24.3 Å². The molecular weight excluding hydrogens is 356 g/mol. The molecule has 0 aromatic heterocycles. The Morgan fingerprint density at radius 1 is 1.15 bits per heavy atom. The van der Waals surface area contributed by atoms with Crippen LogP contribution in [0.15, 0.2) is 42.5 Å². The van der Waals surface area contributed by atoms with Gasteiger partial charge in [0.15, 0.2) is 0 Å². The van der Waals surface area contributed by atoms with E-state index in [0.29, 0.717) is 10.6 Å². The van der Waals surface area contributed by atoms with Gasteiger partial charge >= 0.3 is 6.03 Å². The quantitative estimate of drug-likeness (QED) is 0.809. The van der Waals surface area contributed by atoms with Crippen LogP contribution in [0.4, 0.5) is 19.3 Å². The van der Waals surface area contributed by atoms with Gasteiger partial charge in [-0.3, -0.25) is 14.5 Å². The number of hydrogen-bond donors (Lipinski definition) is 2. The Hall–Kier alpha value is -3.29. The minimum atomic E-state index is -1.80. The van der Waals surface area contributed by atoms with E-state index in [-0.39, 0.29) is 5.56 Å². The van der Waals surface area contributed by atoms with Crippen LogP contribution in [-0.4, -0.2) is 29.3 Å². The fourth-order valence-corrected chi connectivity index (χ4v) is 2.88. The van der Waals surface area contributed by atoms with Gasteiger partial charge in [-0.2, -0.15) is 0 Å². The summed E-state index contributed by atoms with van der Waals surface area (Å²) in [5.74, 6) is -3.01. The zero-order chi connectivity index (χ0) is 19.8. The molecule has 1 aliphatic rings. The Kier molecular flexibility index (Phi) is 4.65. The molecule has 0 aliphatic carbocycles. The third kappa shape index (κ3) is 3.51. The molecule has 27 heavy (non-hydrogen) atoms. The molecule has 0 radical (unpaired) electrons. The van der Waals surface area contributed by atoms with E-state index in [4.69, 9.17) is 0 Å². The summed E-state index contributed by atoms with van der Waals surface area (Å²) in [5, 5.41) is 4.92. The van der Waals surface area contributed by atoms with Crippen molar-refractivity contribution < 1.29 is 23.2 Å². The second-order valence-corrected chi connectivity index (χ2v) is 6.48. The number of rotatable bonds is 4. The fourth-order valence-electron chi connectivity index (χ4n) is 2.88. The summed E-state index contributed by atoms with van der Waals surface area (Å²) in [6.45, 7) is 2.61. The number of nitrogens with zero attached hydrogens (tertiary/aromatic N) is 1. The molecular formula is C19H17F2N3O3. The summed E-state index contributed by atoms with van der Waals surface area (Å²) >= 11 is 0. The lowest BCUT2D eigenvalue weighted by Crippen LogP contribution is -2.42. The number of amides is 4. The van der Waals surface area contributed by atoms with Crippen LogP contribution in [0.1, 0.15) is 18.1 Å². The topological polar surface area (TPSA) is 78.5 Å². The molecule has 1 heterocycles. The highest BCUT2D eigenvalue weighted by atomic mass is 19.1. The zero-order valence-corrected chi connectivity index (χ0v) is 14.7. The van der Waals surface area contributed by atoms with Gasteiger partial charge in [0.25, 0.3) is 5.91 Å². The standard InChI is InChI=1S/C19H17F2N3O3/c1-11-3-6-13(7-4-11)22-16(25)10-24-17(26)19(2,23-18(24)27)14-9-12(20)5-8-15(14)21/h3-9H,10H2,1-2H3,(H,22,25)(H,23,27). The summed E-state index contributed by atoms with van der Waals surface area (Å²) in [5.41, 5.74) is -0.582. The van der Waals surface area contributed by atoms with Gasteiger partial charge in [0.05, 0.1) is 0 Å². The van der Waals surface area contributed by atoms with Crippen LogP contribution in [0.25, 0.3) is 0 Å². The van der Waals surface area contributed by atoms with Crippen molar-refractivity contribution in [3.63, 3.8) is 0 Å². The highest BCUT2D eigenvalue weighted by Gasteiger charge is 2.50. The lowest BCUT2D eigenvalue weighted by Gasteiger charge is -2.22. The second kappa shape index (κ2) is 6.79. The van der Waals surface area contributed by atoms with E-state index in [1.165, 1.54) is 6.92 Å². The first-order valence-corrected chi connectivity index (χ1v) is 8.17. The molecule has 6 nitrogen and oxygen atoms in total. The molecule has 140 valence electrons. The first kappa shape index (κ1) is 18.5. The van der Waals surface area contributed by atoms with Crippen molar-refractivity contribution in [2.45, 2.75) is 19.4 Å². The Labute approximate surface area is 154 Å². The largest absolute Gasteiger partial charge is 0.325 e. The van der Waals surface area contributed by atoms with E-state index in [1.807, 2.05) is 6.92 Å². The van der Waals surface area contributed by atoms with Crippen LogP contribution in [0.3, 0.4) is 0 Å². The van der Waals surface area contributed by atoms with Crippen molar-refractivity contribution in [3.8, 4) is 0 Å². The van der Waals surface area contributed by atoms with Gasteiger partial charge in [0, 0.05) is 11.3 Å². The Bertz CT molecular complexity index is 930. The second-order valence-electron chi connectivity index (χ2n) is 6.48. The summed E-state index contributed by atoms with van der Waals surface area (Å²) < 4.78 is 27.6. The average Bonchev–Trinajstić information content (AvgIpc) is 2.83. The summed E-state index contributed by atoms with van der Waals surface area (Å²) in [4.78, 5) is 37.8. The van der Waals surface area contributed by atoms with Gasteiger partial charge in [-0.25, -0.2) is 13.6 Å². The minimum Gasteiger partial charge on any atom is -0.325 e. The number of hydrogen-bond acceptors (Lipinski definition) is 3. The molecule has 2 N–H and O–H groups in total. The first-order valence-electron chi connectivity index (χ1n) is 8.17. The van der Waals surface area contributed by atoms with Gasteiger partial charge in [-0.05, 0) is 44.2 Å². The molecule has 0 saturated carbocycles. The van der Waals surface area contributed by atoms with Gasteiger partial charge < -0.3 is 10.6 Å². The Morgan fingerprint density at radius 2 is 1.81 bits per heavy atom. The van der Waals surface area contributed by atoms with Gasteiger partial charge in [-0.15, -0.1) is 0 Å². The van der Waals surface area contributed by atoms with E-state index >= 15 is 0 Å². The number of halogens is 2. The van der Waals surface area contributed by atoms with Crippen molar-refractivity contribution in [1.29, 1.82) is 0 Å². The monoisotopic (exact) mass is 373 g/mol. The molecule has 3 rings (SSSR count). The van der Waals surface area contributed by atoms with E-state index in [2.05, 4.69) is 10.6 Å².